The topological polar surface area (TPSA) is 34.9 Å². The van der Waals surface area contributed by atoms with Gasteiger partial charge in [-0.2, -0.15) is 5.10 Å². The second kappa shape index (κ2) is 3.93. The van der Waals surface area contributed by atoms with Crippen molar-refractivity contribution in [2.75, 3.05) is 0 Å². The number of rotatable bonds is 2. The van der Waals surface area contributed by atoms with Crippen LogP contribution in [0.4, 0.5) is 0 Å². The van der Waals surface area contributed by atoms with Gasteiger partial charge in [-0.1, -0.05) is 12.1 Å². The van der Waals surface area contributed by atoms with Crippen LogP contribution >= 0.6 is 0 Å². The van der Waals surface area contributed by atoms with Crippen LogP contribution in [0.15, 0.2) is 24.4 Å². The summed E-state index contributed by atoms with van der Waals surface area (Å²) in [5, 5.41) is 4.34. The molecule has 1 heterocycles. The third-order valence-electron chi connectivity index (χ3n) is 2.89. The van der Waals surface area contributed by atoms with E-state index in [1.54, 1.807) is 10.9 Å². The van der Waals surface area contributed by atoms with Crippen molar-refractivity contribution in [3.8, 4) is 5.69 Å². The molecule has 0 saturated carbocycles. The van der Waals surface area contributed by atoms with Crippen LogP contribution in [-0.2, 0) is 0 Å². The van der Waals surface area contributed by atoms with E-state index in [0.717, 1.165) is 17.7 Å². The Kier molecular flexibility index (Phi) is 2.60. The van der Waals surface area contributed by atoms with Crippen LogP contribution in [0, 0.1) is 20.8 Å². The first kappa shape index (κ1) is 10.6. The van der Waals surface area contributed by atoms with E-state index in [9.17, 15) is 4.79 Å². The standard InChI is InChI=1S/C13H14N2O/c1-9-5-4-6-13(10(9)2)15-7-12(8-16)11(3)14-15/h4-8H,1-3H3. The molecule has 2 aromatic rings. The fourth-order valence-electron chi connectivity index (χ4n) is 1.70. The van der Waals surface area contributed by atoms with Crippen LogP contribution in [0.2, 0.25) is 0 Å². The van der Waals surface area contributed by atoms with Crippen molar-refractivity contribution in [2.24, 2.45) is 0 Å². The maximum Gasteiger partial charge on any atom is 0.153 e. The highest BCUT2D eigenvalue weighted by Crippen LogP contribution is 2.17. The molecule has 0 amide bonds. The third-order valence-corrected chi connectivity index (χ3v) is 2.89. The van der Waals surface area contributed by atoms with Crippen molar-refractivity contribution in [2.45, 2.75) is 20.8 Å². The van der Waals surface area contributed by atoms with Gasteiger partial charge in [-0.25, -0.2) is 4.68 Å². The molecule has 0 atom stereocenters. The Labute approximate surface area is 94.7 Å². The summed E-state index contributed by atoms with van der Waals surface area (Å²) in [6.45, 7) is 5.96. The third kappa shape index (κ3) is 1.65. The molecule has 0 N–H and O–H groups in total. The van der Waals surface area contributed by atoms with E-state index < -0.39 is 0 Å². The second-order valence-electron chi connectivity index (χ2n) is 3.95. The molecule has 1 aromatic heterocycles. The molecule has 1 aromatic carbocycles. The molecule has 0 unspecified atom stereocenters. The van der Waals surface area contributed by atoms with Crippen molar-refractivity contribution >= 4 is 6.29 Å². The predicted molar refractivity (Wildman–Crippen MR) is 63.2 cm³/mol. The molecular formula is C13H14N2O. The molecule has 0 saturated heterocycles. The predicted octanol–water partition coefficient (Wildman–Crippen LogP) is 2.61. The van der Waals surface area contributed by atoms with Gasteiger partial charge in [0.2, 0.25) is 0 Å². The van der Waals surface area contributed by atoms with Gasteiger partial charge in [0, 0.05) is 6.20 Å². The van der Waals surface area contributed by atoms with Gasteiger partial charge in [0.15, 0.2) is 6.29 Å². The van der Waals surface area contributed by atoms with Crippen LogP contribution in [0.3, 0.4) is 0 Å². The molecule has 0 fully saturated rings. The average molecular weight is 214 g/mol. The lowest BCUT2D eigenvalue weighted by atomic mass is 10.1. The number of carbonyl (C=O) groups is 1. The van der Waals surface area contributed by atoms with Crippen LogP contribution in [-0.4, -0.2) is 16.1 Å². The first-order chi connectivity index (χ1) is 7.63. The molecule has 0 aliphatic rings. The Hall–Kier alpha value is -1.90. The molecule has 0 bridgehead atoms. The molecule has 0 aliphatic carbocycles. The highest BCUT2D eigenvalue weighted by molar-refractivity contribution is 5.76. The van der Waals surface area contributed by atoms with Gasteiger partial charge >= 0.3 is 0 Å². The van der Waals surface area contributed by atoms with Gasteiger partial charge < -0.3 is 0 Å². The molecule has 3 heteroatoms. The van der Waals surface area contributed by atoms with E-state index in [0.29, 0.717) is 5.56 Å². The summed E-state index contributed by atoms with van der Waals surface area (Å²) in [5.74, 6) is 0. The lowest BCUT2D eigenvalue weighted by Crippen LogP contribution is -1.99. The zero-order chi connectivity index (χ0) is 11.7. The number of hydrogen-bond donors (Lipinski definition) is 0. The average Bonchev–Trinajstić information content (AvgIpc) is 2.63. The monoisotopic (exact) mass is 214 g/mol. The number of aldehydes is 1. The van der Waals surface area contributed by atoms with Crippen molar-refractivity contribution in [1.29, 1.82) is 0 Å². The largest absolute Gasteiger partial charge is 0.298 e. The van der Waals surface area contributed by atoms with Crippen molar-refractivity contribution < 1.29 is 4.79 Å². The molecule has 16 heavy (non-hydrogen) atoms. The van der Waals surface area contributed by atoms with Gasteiger partial charge in [0.1, 0.15) is 0 Å². The first-order valence-corrected chi connectivity index (χ1v) is 5.21. The summed E-state index contributed by atoms with van der Waals surface area (Å²) in [6.07, 6.45) is 2.61. The normalized spacial score (nSPS) is 10.4. The zero-order valence-electron chi connectivity index (χ0n) is 9.69. The van der Waals surface area contributed by atoms with Gasteiger partial charge in [0.25, 0.3) is 0 Å². The van der Waals surface area contributed by atoms with Crippen LogP contribution < -0.4 is 0 Å². The smallest absolute Gasteiger partial charge is 0.153 e. The minimum absolute atomic E-state index is 0.640. The molecule has 3 nitrogen and oxygen atoms in total. The highest BCUT2D eigenvalue weighted by Gasteiger charge is 2.07. The number of carbonyl (C=O) groups excluding carboxylic acids is 1. The van der Waals surface area contributed by atoms with Gasteiger partial charge in [-0.3, -0.25) is 4.79 Å². The zero-order valence-corrected chi connectivity index (χ0v) is 9.69. The highest BCUT2D eigenvalue weighted by atomic mass is 16.1. The summed E-state index contributed by atoms with van der Waals surface area (Å²) < 4.78 is 1.77. The molecule has 0 aliphatic heterocycles. The fraction of sp³-hybridized carbons (Fsp3) is 0.231. The van der Waals surface area contributed by atoms with Gasteiger partial charge in [0.05, 0.1) is 16.9 Å². The minimum atomic E-state index is 0.640. The Morgan fingerprint density at radius 3 is 2.62 bits per heavy atom. The van der Waals surface area contributed by atoms with Crippen molar-refractivity contribution in [3.05, 3.63) is 46.8 Å². The first-order valence-electron chi connectivity index (χ1n) is 5.21. The molecule has 0 radical (unpaired) electrons. The van der Waals surface area contributed by atoms with E-state index in [1.807, 2.05) is 19.1 Å². The van der Waals surface area contributed by atoms with Crippen LogP contribution in [0.25, 0.3) is 5.69 Å². The van der Waals surface area contributed by atoms with Crippen molar-refractivity contribution in [3.63, 3.8) is 0 Å². The Morgan fingerprint density at radius 2 is 2.00 bits per heavy atom. The maximum absolute atomic E-state index is 10.8. The summed E-state index contributed by atoms with van der Waals surface area (Å²) in [5.41, 5.74) is 4.83. The summed E-state index contributed by atoms with van der Waals surface area (Å²) in [6, 6.07) is 6.06. The minimum Gasteiger partial charge on any atom is -0.298 e. The lowest BCUT2D eigenvalue weighted by Gasteiger charge is -2.07. The molecular weight excluding hydrogens is 200 g/mol. The number of aromatic nitrogens is 2. The Bertz CT molecular complexity index is 541. The van der Waals surface area contributed by atoms with Gasteiger partial charge in [-0.15, -0.1) is 0 Å². The molecule has 82 valence electrons. The Balaban J connectivity index is 2.58. The maximum atomic E-state index is 10.8. The number of hydrogen-bond acceptors (Lipinski definition) is 2. The summed E-state index contributed by atoms with van der Waals surface area (Å²) in [4.78, 5) is 10.8. The SMILES string of the molecule is Cc1cccc(-n2cc(C=O)c(C)n2)c1C. The van der Waals surface area contributed by atoms with E-state index in [1.165, 1.54) is 11.1 Å². The number of aryl methyl sites for hydroxylation is 2. The number of nitrogens with zero attached hydrogens (tertiary/aromatic N) is 2. The lowest BCUT2D eigenvalue weighted by molar-refractivity contribution is 0.112. The molecule has 2 rings (SSSR count). The van der Waals surface area contributed by atoms with Crippen LogP contribution in [0.5, 0.6) is 0 Å². The fourth-order valence-corrected chi connectivity index (χ4v) is 1.70. The number of benzene rings is 1. The van der Waals surface area contributed by atoms with Crippen LogP contribution in [0.1, 0.15) is 27.2 Å². The quantitative estimate of drug-likeness (QED) is 0.720. The van der Waals surface area contributed by atoms with Crippen molar-refractivity contribution in [1.82, 2.24) is 9.78 Å². The van der Waals surface area contributed by atoms with E-state index in [2.05, 4.69) is 25.0 Å². The molecule has 0 spiro atoms. The Morgan fingerprint density at radius 1 is 1.25 bits per heavy atom. The van der Waals surface area contributed by atoms with E-state index >= 15 is 0 Å². The van der Waals surface area contributed by atoms with E-state index in [-0.39, 0.29) is 0 Å². The second-order valence-corrected chi connectivity index (χ2v) is 3.95. The van der Waals surface area contributed by atoms with Gasteiger partial charge in [-0.05, 0) is 38.0 Å². The summed E-state index contributed by atoms with van der Waals surface area (Å²) in [7, 11) is 0. The van der Waals surface area contributed by atoms with E-state index in [4.69, 9.17) is 0 Å². The summed E-state index contributed by atoms with van der Waals surface area (Å²) >= 11 is 0.